The van der Waals surface area contributed by atoms with Crippen LogP contribution in [-0.4, -0.2) is 0 Å². The lowest BCUT2D eigenvalue weighted by atomic mass is 9.83. The quantitative estimate of drug-likeness (QED) is 0.183. The Kier molecular flexibility index (Phi) is 6.77. The Morgan fingerprint density at radius 2 is 0.870 bits per heavy atom. The molecular weight excluding hydrogens is 659 g/mol. The Morgan fingerprint density at radius 3 is 1.57 bits per heavy atom. The fourth-order valence-electron chi connectivity index (χ4n) is 8.62. The van der Waals surface area contributed by atoms with E-state index in [2.05, 4.69) is 158 Å². The zero-order valence-electron chi connectivity index (χ0n) is 29.6. The lowest BCUT2D eigenvalue weighted by Crippen LogP contribution is -1.96. The summed E-state index contributed by atoms with van der Waals surface area (Å²) in [6.45, 7) is 2.22. The molecule has 0 radical (unpaired) electrons. The van der Waals surface area contributed by atoms with E-state index >= 15 is 0 Å². The standard InChI is InChI=1S/C51H33NO2/c1-31-14-2-3-15-35(31)50-40-19-7-5-17-38(40)37-16-4-6-18-39(37)48(50)33-28-32(36-22-12-26-46-49(36)41-20-8-10-24-44(41)53-46)29-34(30-33)52-43-23-13-27-47-51(43)42-21-9-11-25-45(42)54-47/h2-30,52H,1H3. The van der Waals surface area contributed by atoms with Crippen LogP contribution in [0.2, 0.25) is 0 Å². The molecule has 2 heterocycles. The van der Waals surface area contributed by atoms with E-state index in [4.69, 9.17) is 8.83 Å². The van der Waals surface area contributed by atoms with Crippen LogP contribution in [0, 0.1) is 6.92 Å². The van der Waals surface area contributed by atoms with Crippen molar-refractivity contribution in [3.05, 3.63) is 181 Å². The average Bonchev–Trinajstić information content (AvgIpc) is 3.80. The molecule has 2 aromatic heterocycles. The molecule has 3 heteroatoms. The summed E-state index contributed by atoms with van der Waals surface area (Å²) in [5.74, 6) is 0. The van der Waals surface area contributed by atoms with Crippen LogP contribution in [0.25, 0.3) is 98.8 Å². The molecule has 254 valence electrons. The Bertz CT molecular complexity index is 3270. The highest BCUT2D eigenvalue weighted by molar-refractivity contribution is 6.22. The molecular formula is C51H33NO2. The third-order valence-electron chi connectivity index (χ3n) is 11.0. The van der Waals surface area contributed by atoms with Gasteiger partial charge in [0.15, 0.2) is 0 Å². The Labute approximate surface area is 311 Å². The predicted octanol–water partition coefficient (Wildman–Crippen LogP) is 14.8. The molecule has 0 saturated carbocycles. The second kappa shape index (κ2) is 12.0. The van der Waals surface area contributed by atoms with E-state index in [9.17, 15) is 0 Å². The maximum atomic E-state index is 6.41. The molecule has 0 saturated heterocycles. The van der Waals surface area contributed by atoms with Gasteiger partial charge in [-0.25, -0.2) is 0 Å². The number of anilines is 2. The molecule has 0 aliphatic rings. The molecule has 3 nitrogen and oxygen atoms in total. The second-order valence-corrected chi connectivity index (χ2v) is 14.1. The Hall–Kier alpha value is -7.10. The van der Waals surface area contributed by atoms with Gasteiger partial charge in [-0.3, -0.25) is 0 Å². The van der Waals surface area contributed by atoms with Crippen LogP contribution >= 0.6 is 0 Å². The van der Waals surface area contributed by atoms with Crippen LogP contribution in [0.15, 0.2) is 185 Å². The number of rotatable bonds is 5. The van der Waals surface area contributed by atoms with Crippen LogP contribution in [0.1, 0.15) is 5.56 Å². The molecule has 0 aliphatic heterocycles. The van der Waals surface area contributed by atoms with Gasteiger partial charge in [0.2, 0.25) is 0 Å². The minimum absolute atomic E-state index is 0.856. The minimum atomic E-state index is 0.856. The largest absolute Gasteiger partial charge is 0.456 e. The van der Waals surface area contributed by atoms with E-state index in [1.165, 1.54) is 43.8 Å². The summed E-state index contributed by atoms with van der Waals surface area (Å²) in [7, 11) is 0. The molecule has 11 rings (SSSR count). The van der Waals surface area contributed by atoms with E-state index in [-0.39, 0.29) is 0 Å². The van der Waals surface area contributed by atoms with E-state index in [1.54, 1.807) is 0 Å². The third-order valence-corrected chi connectivity index (χ3v) is 11.0. The summed E-state index contributed by atoms with van der Waals surface area (Å²) >= 11 is 0. The molecule has 0 unspecified atom stereocenters. The molecule has 11 aromatic rings. The number of hydrogen-bond donors (Lipinski definition) is 1. The van der Waals surface area contributed by atoms with Crippen molar-refractivity contribution in [1.82, 2.24) is 0 Å². The van der Waals surface area contributed by atoms with Gasteiger partial charge in [0, 0.05) is 21.8 Å². The van der Waals surface area contributed by atoms with Crippen LogP contribution in [-0.2, 0) is 0 Å². The van der Waals surface area contributed by atoms with Crippen LogP contribution in [0.3, 0.4) is 0 Å². The maximum absolute atomic E-state index is 6.41. The molecule has 54 heavy (non-hydrogen) atoms. The summed E-state index contributed by atoms with van der Waals surface area (Å²) in [6, 6.07) is 62.6. The molecule has 9 aromatic carbocycles. The number of para-hydroxylation sites is 2. The molecule has 0 amide bonds. The normalized spacial score (nSPS) is 11.8. The first-order chi connectivity index (χ1) is 26.7. The van der Waals surface area contributed by atoms with Crippen molar-refractivity contribution < 1.29 is 8.83 Å². The highest BCUT2D eigenvalue weighted by Gasteiger charge is 2.21. The number of benzene rings is 9. The van der Waals surface area contributed by atoms with Gasteiger partial charge in [-0.2, -0.15) is 0 Å². The van der Waals surface area contributed by atoms with Gasteiger partial charge in [-0.1, -0.05) is 127 Å². The van der Waals surface area contributed by atoms with Crippen molar-refractivity contribution in [1.29, 1.82) is 0 Å². The number of hydrogen-bond acceptors (Lipinski definition) is 3. The van der Waals surface area contributed by atoms with E-state index in [1.807, 2.05) is 30.3 Å². The first kappa shape index (κ1) is 30.5. The van der Waals surface area contributed by atoms with E-state index < -0.39 is 0 Å². The fourth-order valence-corrected chi connectivity index (χ4v) is 8.62. The first-order valence-corrected chi connectivity index (χ1v) is 18.4. The van der Waals surface area contributed by atoms with Gasteiger partial charge < -0.3 is 14.2 Å². The average molecular weight is 692 g/mol. The van der Waals surface area contributed by atoms with Crippen molar-refractivity contribution in [2.75, 3.05) is 5.32 Å². The number of nitrogens with one attached hydrogen (secondary N) is 1. The summed E-state index contributed by atoms with van der Waals surface area (Å²) in [5, 5.41) is 13.2. The second-order valence-electron chi connectivity index (χ2n) is 14.1. The SMILES string of the molecule is Cc1ccccc1-c1c(-c2cc(Nc3cccc4oc5ccccc5c34)cc(-c3cccc4oc5ccccc5c34)c2)c2ccccc2c2ccccc12. The number of fused-ring (bicyclic) bond motifs is 9. The van der Waals surface area contributed by atoms with Crippen molar-refractivity contribution in [2.24, 2.45) is 0 Å². The molecule has 0 bridgehead atoms. The smallest absolute Gasteiger partial charge is 0.137 e. The molecule has 0 spiro atoms. The number of aryl methyl sites for hydroxylation is 1. The van der Waals surface area contributed by atoms with Gasteiger partial charge in [0.1, 0.15) is 22.3 Å². The van der Waals surface area contributed by atoms with Crippen molar-refractivity contribution in [3.8, 4) is 33.4 Å². The maximum Gasteiger partial charge on any atom is 0.137 e. The molecule has 1 N–H and O–H groups in total. The fraction of sp³-hybridized carbons (Fsp3) is 0.0196. The summed E-state index contributed by atoms with van der Waals surface area (Å²) < 4.78 is 12.7. The lowest BCUT2D eigenvalue weighted by Gasteiger charge is -2.21. The minimum Gasteiger partial charge on any atom is -0.456 e. The van der Waals surface area contributed by atoms with E-state index in [0.29, 0.717) is 0 Å². The van der Waals surface area contributed by atoms with E-state index in [0.717, 1.165) is 71.9 Å². The third kappa shape index (κ3) is 4.69. The van der Waals surface area contributed by atoms with Crippen molar-refractivity contribution in [3.63, 3.8) is 0 Å². The number of furan rings is 2. The first-order valence-electron chi connectivity index (χ1n) is 18.4. The molecule has 0 atom stereocenters. The monoisotopic (exact) mass is 691 g/mol. The predicted molar refractivity (Wildman–Crippen MR) is 227 cm³/mol. The summed E-state index contributed by atoms with van der Waals surface area (Å²) in [4.78, 5) is 0. The lowest BCUT2D eigenvalue weighted by molar-refractivity contribution is 0.668. The highest BCUT2D eigenvalue weighted by atomic mass is 16.3. The van der Waals surface area contributed by atoms with Crippen LogP contribution in [0.4, 0.5) is 11.4 Å². The van der Waals surface area contributed by atoms with Gasteiger partial charge in [-0.05, 0) is 116 Å². The zero-order chi connectivity index (χ0) is 35.8. The molecule has 0 aliphatic carbocycles. The van der Waals surface area contributed by atoms with Crippen molar-refractivity contribution >= 4 is 76.8 Å². The van der Waals surface area contributed by atoms with Crippen LogP contribution < -0.4 is 5.32 Å². The zero-order valence-corrected chi connectivity index (χ0v) is 29.6. The van der Waals surface area contributed by atoms with Gasteiger partial charge in [0.05, 0.1) is 11.1 Å². The van der Waals surface area contributed by atoms with Gasteiger partial charge in [-0.15, -0.1) is 0 Å². The molecule has 0 fully saturated rings. The van der Waals surface area contributed by atoms with Crippen LogP contribution in [0.5, 0.6) is 0 Å². The highest BCUT2D eigenvalue weighted by Crippen LogP contribution is 2.48. The van der Waals surface area contributed by atoms with Crippen molar-refractivity contribution in [2.45, 2.75) is 6.92 Å². The van der Waals surface area contributed by atoms with Gasteiger partial charge in [0.25, 0.3) is 0 Å². The summed E-state index contributed by atoms with van der Waals surface area (Å²) in [5.41, 5.74) is 13.7. The van der Waals surface area contributed by atoms with Gasteiger partial charge >= 0.3 is 0 Å². The Morgan fingerprint density at radius 1 is 0.370 bits per heavy atom. The summed E-state index contributed by atoms with van der Waals surface area (Å²) in [6.07, 6.45) is 0. The Balaban J connectivity index is 1.25. The topological polar surface area (TPSA) is 38.3 Å².